The van der Waals surface area contributed by atoms with Gasteiger partial charge in [-0.05, 0) is 50.1 Å². The van der Waals surface area contributed by atoms with Crippen LogP contribution >= 0.6 is 31.9 Å². The van der Waals surface area contributed by atoms with Crippen molar-refractivity contribution in [2.45, 2.75) is 33.6 Å². The molecule has 0 aliphatic heterocycles. The SMILES string of the molecule is CCC(CC=C(Br)Br)C(C)C. The first-order valence-corrected chi connectivity index (χ1v) is 5.67. The Balaban J connectivity index is 3.79. The van der Waals surface area contributed by atoms with Gasteiger partial charge in [0.15, 0.2) is 0 Å². The lowest BCUT2D eigenvalue weighted by Gasteiger charge is -2.16. The Bertz CT molecular complexity index is 124. The standard InChI is InChI=1S/C9H16Br2/c1-4-8(7(2)3)5-6-9(10)11/h6-8H,4-5H2,1-3H3. The molecule has 0 amide bonds. The molecule has 0 bridgehead atoms. The van der Waals surface area contributed by atoms with Crippen LogP contribution in [0.1, 0.15) is 33.6 Å². The summed E-state index contributed by atoms with van der Waals surface area (Å²) in [5.74, 6) is 1.61. The summed E-state index contributed by atoms with van der Waals surface area (Å²) in [7, 11) is 0. The van der Waals surface area contributed by atoms with Crippen molar-refractivity contribution < 1.29 is 0 Å². The lowest BCUT2D eigenvalue weighted by Crippen LogP contribution is -2.05. The van der Waals surface area contributed by atoms with Crippen molar-refractivity contribution in [1.29, 1.82) is 0 Å². The van der Waals surface area contributed by atoms with E-state index in [0.717, 1.165) is 15.2 Å². The van der Waals surface area contributed by atoms with Crippen LogP contribution in [0.4, 0.5) is 0 Å². The molecule has 0 rings (SSSR count). The fourth-order valence-corrected chi connectivity index (χ4v) is 1.52. The second-order valence-corrected chi connectivity index (χ2v) is 5.91. The molecule has 1 unspecified atom stereocenters. The second kappa shape index (κ2) is 6.24. The molecule has 0 aromatic heterocycles. The van der Waals surface area contributed by atoms with Crippen molar-refractivity contribution in [1.82, 2.24) is 0 Å². The van der Waals surface area contributed by atoms with Gasteiger partial charge in [0.1, 0.15) is 0 Å². The maximum absolute atomic E-state index is 3.36. The van der Waals surface area contributed by atoms with E-state index < -0.39 is 0 Å². The molecule has 0 nitrogen and oxygen atoms in total. The predicted octanol–water partition coefficient (Wildman–Crippen LogP) is 4.69. The third-order valence-electron chi connectivity index (χ3n) is 2.04. The summed E-state index contributed by atoms with van der Waals surface area (Å²) in [6.45, 7) is 6.81. The molecular formula is C9H16Br2. The van der Waals surface area contributed by atoms with Gasteiger partial charge in [-0.15, -0.1) is 0 Å². The van der Waals surface area contributed by atoms with Crippen molar-refractivity contribution in [3.8, 4) is 0 Å². The fraction of sp³-hybridized carbons (Fsp3) is 0.778. The highest BCUT2D eigenvalue weighted by Gasteiger charge is 2.08. The highest BCUT2D eigenvalue weighted by Crippen LogP contribution is 2.22. The average Bonchev–Trinajstić information content (AvgIpc) is 1.87. The summed E-state index contributed by atoms with van der Waals surface area (Å²) in [6.07, 6.45) is 4.62. The van der Waals surface area contributed by atoms with Gasteiger partial charge in [-0.3, -0.25) is 0 Å². The molecule has 0 heterocycles. The van der Waals surface area contributed by atoms with Crippen molar-refractivity contribution in [2.75, 3.05) is 0 Å². The van der Waals surface area contributed by atoms with E-state index in [1.54, 1.807) is 0 Å². The minimum absolute atomic E-state index is 0.788. The van der Waals surface area contributed by atoms with Gasteiger partial charge in [-0.2, -0.15) is 0 Å². The Hall–Kier alpha value is 0.700. The van der Waals surface area contributed by atoms with Crippen LogP contribution in [-0.2, 0) is 0 Å². The van der Waals surface area contributed by atoms with Gasteiger partial charge in [-0.1, -0.05) is 33.3 Å². The maximum Gasteiger partial charge on any atom is 0.0564 e. The minimum Gasteiger partial charge on any atom is -0.0651 e. The van der Waals surface area contributed by atoms with E-state index in [9.17, 15) is 0 Å². The molecule has 11 heavy (non-hydrogen) atoms. The molecule has 2 heteroatoms. The molecule has 0 radical (unpaired) electrons. The smallest absolute Gasteiger partial charge is 0.0564 e. The van der Waals surface area contributed by atoms with E-state index in [0.29, 0.717) is 0 Å². The van der Waals surface area contributed by atoms with Crippen LogP contribution in [0.25, 0.3) is 0 Å². The van der Waals surface area contributed by atoms with Crippen LogP contribution in [0.2, 0.25) is 0 Å². The van der Waals surface area contributed by atoms with Crippen molar-refractivity contribution in [3.63, 3.8) is 0 Å². The lowest BCUT2D eigenvalue weighted by molar-refractivity contribution is 0.377. The van der Waals surface area contributed by atoms with Crippen LogP contribution in [0, 0.1) is 11.8 Å². The zero-order valence-corrected chi connectivity index (χ0v) is 10.6. The van der Waals surface area contributed by atoms with Gasteiger partial charge < -0.3 is 0 Å². The van der Waals surface area contributed by atoms with E-state index in [2.05, 4.69) is 58.7 Å². The Morgan fingerprint density at radius 2 is 1.91 bits per heavy atom. The van der Waals surface area contributed by atoms with Crippen LogP contribution < -0.4 is 0 Å². The van der Waals surface area contributed by atoms with Crippen molar-refractivity contribution in [3.05, 3.63) is 9.47 Å². The van der Waals surface area contributed by atoms with Crippen LogP contribution in [-0.4, -0.2) is 0 Å². The lowest BCUT2D eigenvalue weighted by atomic mass is 9.90. The summed E-state index contributed by atoms with van der Waals surface area (Å²) in [5.41, 5.74) is 0. The van der Waals surface area contributed by atoms with Gasteiger partial charge >= 0.3 is 0 Å². The summed E-state index contributed by atoms with van der Waals surface area (Å²) >= 11 is 6.72. The number of hydrogen-bond acceptors (Lipinski definition) is 0. The molecular weight excluding hydrogens is 268 g/mol. The molecule has 66 valence electrons. The van der Waals surface area contributed by atoms with Gasteiger partial charge in [0.05, 0.1) is 3.39 Å². The summed E-state index contributed by atoms with van der Waals surface area (Å²) in [6, 6.07) is 0. The Kier molecular flexibility index (Phi) is 6.64. The third kappa shape index (κ3) is 5.92. The first kappa shape index (κ1) is 11.7. The highest BCUT2D eigenvalue weighted by molar-refractivity contribution is 9.28. The third-order valence-corrected chi connectivity index (χ3v) is 2.69. The zero-order valence-electron chi connectivity index (χ0n) is 7.40. The Morgan fingerprint density at radius 3 is 2.18 bits per heavy atom. The van der Waals surface area contributed by atoms with Crippen LogP contribution in [0.5, 0.6) is 0 Å². The zero-order chi connectivity index (χ0) is 8.85. The first-order chi connectivity index (χ1) is 5.07. The van der Waals surface area contributed by atoms with Crippen LogP contribution in [0.15, 0.2) is 9.47 Å². The van der Waals surface area contributed by atoms with E-state index in [4.69, 9.17) is 0 Å². The maximum atomic E-state index is 3.36. The van der Waals surface area contributed by atoms with E-state index in [1.807, 2.05) is 0 Å². The van der Waals surface area contributed by atoms with Crippen molar-refractivity contribution in [2.24, 2.45) is 11.8 Å². The predicted molar refractivity (Wildman–Crippen MR) is 59.2 cm³/mol. The number of allylic oxidation sites excluding steroid dienone is 1. The normalized spacial score (nSPS) is 13.3. The molecule has 0 spiro atoms. The quantitative estimate of drug-likeness (QED) is 0.702. The van der Waals surface area contributed by atoms with Crippen LogP contribution in [0.3, 0.4) is 0 Å². The van der Waals surface area contributed by atoms with Gasteiger partial charge in [0.25, 0.3) is 0 Å². The second-order valence-electron chi connectivity index (χ2n) is 3.14. The van der Waals surface area contributed by atoms with Gasteiger partial charge in [0, 0.05) is 0 Å². The van der Waals surface area contributed by atoms with E-state index in [1.165, 1.54) is 12.8 Å². The molecule has 0 saturated carbocycles. The number of rotatable bonds is 4. The molecule has 0 aliphatic rings. The molecule has 0 saturated heterocycles. The molecule has 1 atom stereocenters. The topological polar surface area (TPSA) is 0 Å². The minimum atomic E-state index is 0.788. The largest absolute Gasteiger partial charge is 0.0651 e. The fourth-order valence-electron chi connectivity index (χ4n) is 1.15. The highest BCUT2D eigenvalue weighted by atomic mass is 79.9. The Labute approximate surface area is 86.7 Å². The Morgan fingerprint density at radius 1 is 1.36 bits per heavy atom. The van der Waals surface area contributed by atoms with E-state index in [-0.39, 0.29) is 0 Å². The summed E-state index contributed by atoms with van der Waals surface area (Å²) in [5, 5.41) is 0. The average molecular weight is 284 g/mol. The molecule has 0 aromatic rings. The summed E-state index contributed by atoms with van der Waals surface area (Å²) in [4.78, 5) is 0. The molecule has 0 aromatic carbocycles. The first-order valence-electron chi connectivity index (χ1n) is 4.09. The monoisotopic (exact) mass is 282 g/mol. The number of hydrogen-bond donors (Lipinski definition) is 0. The number of halogens is 2. The van der Waals surface area contributed by atoms with E-state index >= 15 is 0 Å². The molecule has 0 aliphatic carbocycles. The van der Waals surface area contributed by atoms with Gasteiger partial charge in [0.2, 0.25) is 0 Å². The van der Waals surface area contributed by atoms with Crippen molar-refractivity contribution >= 4 is 31.9 Å². The molecule has 0 fully saturated rings. The summed E-state index contributed by atoms with van der Waals surface area (Å²) < 4.78 is 1.07. The van der Waals surface area contributed by atoms with Gasteiger partial charge in [-0.25, -0.2) is 0 Å². The molecule has 0 N–H and O–H groups in total.